The zero-order valence-corrected chi connectivity index (χ0v) is 16.6. The van der Waals surface area contributed by atoms with Gasteiger partial charge in [-0.25, -0.2) is 0 Å². The third kappa shape index (κ3) is 5.59. The zero-order chi connectivity index (χ0) is 19.9. The Morgan fingerprint density at radius 1 is 1.04 bits per heavy atom. The quantitative estimate of drug-likeness (QED) is 0.827. The van der Waals surface area contributed by atoms with Gasteiger partial charge in [-0.15, -0.1) is 0 Å². The van der Waals surface area contributed by atoms with Crippen molar-refractivity contribution in [1.29, 1.82) is 0 Å². The van der Waals surface area contributed by atoms with Crippen LogP contribution in [0.4, 0.5) is 5.69 Å². The van der Waals surface area contributed by atoms with E-state index in [0.29, 0.717) is 32.4 Å². The molecule has 0 bridgehead atoms. The summed E-state index contributed by atoms with van der Waals surface area (Å²) in [6, 6.07) is 17.2. The van der Waals surface area contributed by atoms with E-state index in [4.69, 9.17) is 4.74 Å². The molecule has 1 heterocycles. The second kappa shape index (κ2) is 9.40. The summed E-state index contributed by atoms with van der Waals surface area (Å²) >= 11 is 0. The van der Waals surface area contributed by atoms with Crippen LogP contribution in [0.2, 0.25) is 0 Å². The summed E-state index contributed by atoms with van der Waals surface area (Å²) in [4.78, 5) is 26.9. The van der Waals surface area contributed by atoms with Crippen molar-refractivity contribution in [3.63, 3.8) is 0 Å². The molecular formula is C23H28N2O3. The molecule has 1 aliphatic rings. The Balaban J connectivity index is 1.46. The highest BCUT2D eigenvalue weighted by molar-refractivity contribution is 5.92. The van der Waals surface area contributed by atoms with E-state index in [-0.39, 0.29) is 23.8 Å². The van der Waals surface area contributed by atoms with Crippen LogP contribution in [0.1, 0.15) is 32.3 Å². The van der Waals surface area contributed by atoms with Gasteiger partial charge in [-0.1, -0.05) is 30.3 Å². The average Bonchev–Trinajstić information content (AvgIpc) is 2.70. The first kappa shape index (κ1) is 19.9. The van der Waals surface area contributed by atoms with Crippen LogP contribution in [0, 0.1) is 5.92 Å². The molecule has 0 spiro atoms. The average molecular weight is 380 g/mol. The van der Waals surface area contributed by atoms with E-state index < -0.39 is 0 Å². The molecule has 1 aliphatic heterocycles. The van der Waals surface area contributed by atoms with Gasteiger partial charge in [0, 0.05) is 24.7 Å². The maximum Gasteiger partial charge on any atom is 0.227 e. The first-order valence-corrected chi connectivity index (χ1v) is 9.90. The molecule has 0 atom stereocenters. The Hall–Kier alpha value is -2.82. The molecule has 1 saturated heterocycles. The molecule has 2 aromatic carbocycles. The van der Waals surface area contributed by atoms with Crippen LogP contribution in [-0.4, -0.2) is 35.9 Å². The summed E-state index contributed by atoms with van der Waals surface area (Å²) in [5, 5.41) is 2.98. The second-order valence-corrected chi connectivity index (χ2v) is 7.50. The van der Waals surface area contributed by atoms with Gasteiger partial charge in [0.1, 0.15) is 5.75 Å². The Morgan fingerprint density at radius 3 is 2.29 bits per heavy atom. The molecule has 5 heteroatoms. The van der Waals surface area contributed by atoms with Crippen LogP contribution in [0.5, 0.6) is 5.75 Å². The number of rotatable bonds is 6. The molecule has 1 fully saturated rings. The number of benzene rings is 2. The van der Waals surface area contributed by atoms with Crippen LogP contribution in [-0.2, 0) is 16.0 Å². The summed E-state index contributed by atoms with van der Waals surface area (Å²) in [5.74, 6) is 0.879. The highest BCUT2D eigenvalue weighted by atomic mass is 16.5. The third-order valence-corrected chi connectivity index (χ3v) is 4.91. The molecule has 0 saturated carbocycles. The predicted octanol–water partition coefficient (Wildman–Crippen LogP) is 3.89. The number of carbonyl (C=O) groups is 2. The number of piperidine rings is 1. The number of likely N-dealkylation sites (tertiary alicyclic amines) is 1. The summed E-state index contributed by atoms with van der Waals surface area (Å²) in [5.41, 5.74) is 1.79. The van der Waals surface area contributed by atoms with Gasteiger partial charge in [-0.3, -0.25) is 9.59 Å². The van der Waals surface area contributed by atoms with Gasteiger partial charge in [0.2, 0.25) is 11.8 Å². The lowest BCUT2D eigenvalue weighted by Gasteiger charge is -2.31. The number of amides is 2. The number of hydrogen-bond donors (Lipinski definition) is 1. The maximum absolute atomic E-state index is 12.6. The van der Waals surface area contributed by atoms with E-state index in [1.165, 1.54) is 0 Å². The monoisotopic (exact) mass is 380 g/mol. The van der Waals surface area contributed by atoms with Crippen molar-refractivity contribution < 1.29 is 14.3 Å². The summed E-state index contributed by atoms with van der Waals surface area (Å²) < 4.78 is 5.62. The van der Waals surface area contributed by atoms with Crippen LogP contribution in [0.3, 0.4) is 0 Å². The number of nitrogens with zero attached hydrogens (tertiary/aromatic N) is 1. The number of ether oxygens (including phenoxy) is 1. The Kier molecular flexibility index (Phi) is 6.69. The highest BCUT2D eigenvalue weighted by Gasteiger charge is 2.27. The van der Waals surface area contributed by atoms with Crippen molar-refractivity contribution in [3.05, 3.63) is 60.2 Å². The van der Waals surface area contributed by atoms with Gasteiger partial charge in [0.25, 0.3) is 0 Å². The molecule has 0 aromatic heterocycles. The van der Waals surface area contributed by atoms with Gasteiger partial charge < -0.3 is 15.0 Å². The summed E-state index contributed by atoms with van der Waals surface area (Å²) in [6.45, 7) is 5.22. The molecule has 28 heavy (non-hydrogen) atoms. The first-order valence-electron chi connectivity index (χ1n) is 9.90. The molecule has 148 valence electrons. The van der Waals surface area contributed by atoms with Crippen molar-refractivity contribution in [2.45, 2.75) is 39.2 Å². The molecule has 0 radical (unpaired) electrons. The van der Waals surface area contributed by atoms with Gasteiger partial charge >= 0.3 is 0 Å². The summed E-state index contributed by atoms with van der Waals surface area (Å²) in [7, 11) is 0. The van der Waals surface area contributed by atoms with Crippen molar-refractivity contribution in [2.75, 3.05) is 18.4 Å². The SMILES string of the molecule is CC(C)Oc1ccc(NC(=O)C2CCN(C(=O)Cc3ccccc3)CC2)cc1. The number of hydrogen-bond acceptors (Lipinski definition) is 3. The molecular weight excluding hydrogens is 352 g/mol. The van der Waals surface area contributed by atoms with Gasteiger partial charge in [0.15, 0.2) is 0 Å². The fourth-order valence-corrected chi connectivity index (χ4v) is 3.41. The standard InChI is InChI=1S/C23H28N2O3/c1-17(2)28-21-10-8-20(9-11-21)24-23(27)19-12-14-25(15-13-19)22(26)16-18-6-4-3-5-7-18/h3-11,17,19H,12-16H2,1-2H3,(H,24,27). The lowest BCUT2D eigenvalue weighted by atomic mass is 9.95. The Morgan fingerprint density at radius 2 is 1.68 bits per heavy atom. The lowest BCUT2D eigenvalue weighted by Crippen LogP contribution is -2.42. The molecule has 2 amide bonds. The van der Waals surface area contributed by atoms with Crippen molar-refractivity contribution in [3.8, 4) is 5.75 Å². The fraction of sp³-hybridized carbons (Fsp3) is 0.391. The van der Waals surface area contributed by atoms with E-state index in [1.807, 2.05) is 73.3 Å². The van der Waals surface area contributed by atoms with E-state index in [0.717, 1.165) is 17.0 Å². The van der Waals surface area contributed by atoms with Crippen LogP contribution in [0.15, 0.2) is 54.6 Å². The van der Waals surface area contributed by atoms with Gasteiger partial charge in [-0.05, 0) is 56.5 Å². The highest BCUT2D eigenvalue weighted by Crippen LogP contribution is 2.22. The third-order valence-electron chi connectivity index (χ3n) is 4.91. The van der Waals surface area contributed by atoms with Crippen molar-refractivity contribution in [1.82, 2.24) is 4.90 Å². The normalized spacial score (nSPS) is 14.8. The van der Waals surface area contributed by atoms with E-state index in [1.54, 1.807) is 0 Å². The smallest absolute Gasteiger partial charge is 0.227 e. The fourth-order valence-electron chi connectivity index (χ4n) is 3.41. The molecule has 0 aliphatic carbocycles. The van der Waals surface area contributed by atoms with E-state index in [9.17, 15) is 9.59 Å². The van der Waals surface area contributed by atoms with Crippen LogP contribution < -0.4 is 10.1 Å². The van der Waals surface area contributed by atoms with Gasteiger partial charge in [0.05, 0.1) is 12.5 Å². The van der Waals surface area contributed by atoms with Gasteiger partial charge in [-0.2, -0.15) is 0 Å². The predicted molar refractivity (Wildman–Crippen MR) is 110 cm³/mol. The first-order chi connectivity index (χ1) is 13.5. The number of carbonyl (C=O) groups excluding carboxylic acids is 2. The maximum atomic E-state index is 12.6. The topological polar surface area (TPSA) is 58.6 Å². The van der Waals surface area contributed by atoms with E-state index >= 15 is 0 Å². The minimum Gasteiger partial charge on any atom is -0.491 e. The Labute approximate surface area is 166 Å². The molecule has 3 rings (SSSR count). The van der Waals surface area contributed by atoms with Crippen molar-refractivity contribution >= 4 is 17.5 Å². The largest absolute Gasteiger partial charge is 0.491 e. The molecule has 2 aromatic rings. The summed E-state index contributed by atoms with van der Waals surface area (Å²) in [6.07, 6.45) is 1.93. The molecule has 0 unspecified atom stereocenters. The van der Waals surface area contributed by atoms with Crippen LogP contribution in [0.25, 0.3) is 0 Å². The number of nitrogens with one attached hydrogen (secondary N) is 1. The minimum atomic E-state index is -0.0626. The zero-order valence-electron chi connectivity index (χ0n) is 16.6. The second-order valence-electron chi connectivity index (χ2n) is 7.50. The minimum absolute atomic E-state index is 0.0210. The lowest BCUT2D eigenvalue weighted by molar-refractivity contribution is -0.133. The Bertz CT molecular complexity index is 779. The number of anilines is 1. The van der Waals surface area contributed by atoms with Crippen molar-refractivity contribution in [2.24, 2.45) is 5.92 Å². The van der Waals surface area contributed by atoms with E-state index in [2.05, 4.69) is 5.32 Å². The molecule has 1 N–H and O–H groups in total. The molecule has 5 nitrogen and oxygen atoms in total. The van der Waals surface area contributed by atoms with Crippen LogP contribution >= 0.6 is 0 Å².